The number of fused-ring (bicyclic) bond motifs is 1. The third kappa shape index (κ3) is 3.97. The zero-order chi connectivity index (χ0) is 17.8. The van der Waals surface area contributed by atoms with E-state index in [4.69, 9.17) is 0 Å². The van der Waals surface area contributed by atoms with Crippen LogP contribution in [0.2, 0.25) is 0 Å². The molecule has 0 aliphatic rings. The maximum atomic E-state index is 12.2. The van der Waals surface area contributed by atoms with E-state index in [0.29, 0.717) is 16.6 Å². The number of carbonyl (C=O) groups is 1. The molecule has 0 spiro atoms. The fraction of sp³-hybridized carbons (Fsp3) is 0.118. The average Bonchev–Trinajstić information content (AvgIpc) is 2.59. The van der Waals surface area contributed by atoms with Gasteiger partial charge in [0, 0.05) is 11.1 Å². The second-order valence-electron chi connectivity index (χ2n) is 5.13. The van der Waals surface area contributed by atoms with Crippen LogP contribution < -0.4 is 15.5 Å². The zero-order valence-corrected chi connectivity index (χ0v) is 12.9. The third-order valence-electron chi connectivity index (χ3n) is 3.42. The summed E-state index contributed by atoms with van der Waals surface area (Å²) in [5, 5.41) is 7.08. The summed E-state index contributed by atoms with van der Waals surface area (Å²) in [5.74, 6) is -0.370. The summed E-state index contributed by atoms with van der Waals surface area (Å²) in [6.07, 6.45) is 1.16. The fourth-order valence-corrected chi connectivity index (χ4v) is 2.34. The summed E-state index contributed by atoms with van der Waals surface area (Å²) in [6, 6.07) is 12.4. The number of anilines is 1. The van der Waals surface area contributed by atoms with E-state index in [1.54, 1.807) is 24.3 Å². The molecule has 0 saturated carbocycles. The predicted molar refractivity (Wildman–Crippen MR) is 87.7 cm³/mol. The van der Waals surface area contributed by atoms with Crippen LogP contribution in [-0.2, 0) is 11.3 Å². The lowest BCUT2D eigenvalue weighted by Gasteiger charge is -2.10. The number of ether oxygens (including phenoxy) is 1. The standard InChI is InChI=1S/C17H13F2N3O3/c18-17(19)25-12-7-5-11(6-8-12)21-16(24)10-22-14-4-2-1-3-13(14)15(23)9-20-22/h1-9,17H,10H2,(H,21,24). The van der Waals surface area contributed by atoms with Gasteiger partial charge in [-0.05, 0) is 36.4 Å². The van der Waals surface area contributed by atoms with Crippen LogP contribution in [-0.4, -0.2) is 22.3 Å². The predicted octanol–water partition coefficient (Wildman–Crippen LogP) is 2.64. The smallest absolute Gasteiger partial charge is 0.387 e. The molecule has 6 nitrogen and oxygen atoms in total. The summed E-state index contributed by atoms with van der Waals surface area (Å²) in [7, 11) is 0. The lowest BCUT2D eigenvalue weighted by Crippen LogP contribution is -2.22. The maximum absolute atomic E-state index is 12.2. The van der Waals surface area contributed by atoms with Crippen molar-refractivity contribution < 1.29 is 18.3 Å². The fourth-order valence-electron chi connectivity index (χ4n) is 2.34. The highest BCUT2D eigenvalue weighted by Crippen LogP contribution is 2.17. The minimum atomic E-state index is -2.90. The van der Waals surface area contributed by atoms with Crippen molar-refractivity contribution in [3.8, 4) is 5.75 Å². The number of rotatable bonds is 5. The molecular weight excluding hydrogens is 332 g/mol. The van der Waals surface area contributed by atoms with Gasteiger partial charge in [-0.3, -0.25) is 14.3 Å². The Morgan fingerprint density at radius 1 is 1.16 bits per heavy atom. The molecule has 1 amide bonds. The zero-order valence-electron chi connectivity index (χ0n) is 12.9. The molecule has 0 saturated heterocycles. The molecule has 128 valence electrons. The molecule has 1 aromatic heterocycles. The Labute approximate surface area is 140 Å². The molecule has 2 aromatic carbocycles. The first-order valence-electron chi connectivity index (χ1n) is 7.32. The van der Waals surface area contributed by atoms with Gasteiger partial charge >= 0.3 is 6.61 Å². The largest absolute Gasteiger partial charge is 0.435 e. The maximum Gasteiger partial charge on any atom is 0.387 e. The van der Waals surface area contributed by atoms with E-state index in [1.807, 2.05) is 0 Å². The summed E-state index contributed by atoms with van der Waals surface area (Å²) in [5.41, 5.74) is 0.754. The molecule has 3 aromatic rings. The Morgan fingerprint density at radius 3 is 2.60 bits per heavy atom. The highest BCUT2D eigenvalue weighted by atomic mass is 19.3. The topological polar surface area (TPSA) is 73.2 Å². The molecule has 0 aliphatic heterocycles. The van der Waals surface area contributed by atoms with Crippen LogP contribution in [0.1, 0.15) is 0 Å². The number of nitrogens with zero attached hydrogens (tertiary/aromatic N) is 2. The minimum absolute atomic E-state index is 0.000990. The molecule has 0 fully saturated rings. The van der Waals surface area contributed by atoms with Crippen LogP contribution in [0.3, 0.4) is 0 Å². The summed E-state index contributed by atoms with van der Waals surface area (Å²) in [4.78, 5) is 23.9. The highest BCUT2D eigenvalue weighted by molar-refractivity contribution is 5.91. The van der Waals surface area contributed by atoms with Crippen molar-refractivity contribution in [2.45, 2.75) is 13.2 Å². The number of benzene rings is 2. The monoisotopic (exact) mass is 345 g/mol. The number of nitrogens with one attached hydrogen (secondary N) is 1. The Hall–Kier alpha value is -3.29. The van der Waals surface area contributed by atoms with Crippen molar-refractivity contribution in [1.82, 2.24) is 9.78 Å². The quantitative estimate of drug-likeness (QED) is 0.771. The van der Waals surface area contributed by atoms with Gasteiger partial charge in [0.25, 0.3) is 0 Å². The number of aromatic nitrogens is 2. The van der Waals surface area contributed by atoms with E-state index in [9.17, 15) is 18.4 Å². The van der Waals surface area contributed by atoms with Crippen LogP contribution in [0.25, 0.3) is 10.9 Å². The molecule has 25 heavy (non-hydrogen) atoms. The van der Waals surface area contributed by atoms with Gasteiger partial charge in [0.15, 0.2) is 0 Å². The van der Waals surface area contributed by atoms with Crippen molar-refractivity contribution in [3.63, 3.8) is 0 Å². The van der Waals surface area contributed by atoms with Gasteiger partial charge in [-0.1, -0.05) is 12.1 Å². The van der Waals surface area contributed by atoms with Gasteiger partial charge in [-0.25, -0.2) is 0 Å². The van der Waals surface area contributed by atoms with E-state index in [2.05, 4.69) is 15.2 Å². The number of hydrogen-bond donors (Lipinski definition) is 1. The van der Waals surface area contributed by atoms with Gasteiger partial charge in [-0.2, -0.15) is 13.9 Å². The number of para-hydroxylation sites is 1. The first kappa shape index (κ1) is 16.6. The molecule has 0 unspecified atom stereocenters. The Bertz CT molecular complexity index is 955. The molecule has 1 heterocycles. The second kappa shape index (κ2) is 7.08. The average molecular weight is 345 g/mol. The summed E-state index contributed by atoms with van der Waals surface area (Å²) in [6.45, 7) is -3.00. The normalized spacial score (nSPS) is 10.8. The molecule has 0 atom stereocenters. The van der Waals surface area contributed by atoms with E-state index in [1.165, 1.54) is 28.9 Å². The van der Waals surface area contributed by atoms with E-state index in [0.717, 1.165) is 6.20 Å². The number of halogens is 2. The highest BCUT2D eigenvalue weighted by Gasteiger charge is 2.09. The lowest BCUT2D eigenvalue weighted by molar-refractivity contribution is -0.116. The van der Waals surface area contributed by atoms with Gasteiger partial charge in [-0.15, -0.1) is 0 Å². The molecule has 0 aliphatic carbocycles. The molecule has 8 heteroatoms. The Kier molecular flexibility index (Phi) is 4.69. The number of carbonyl (C=O) groups excluding carboxylic acids is 1. The van der Waals surface area contributed by atoms with Crippen LogP contribution in [0, 0.1) is 0 Å². The SMILES string of the molecule is O=C(Cn1ncc(=O)c2ccccc21)Nc1ccc(OC(F)F)cc1. The molecule has 1 N–H and O–H groups in total. The van der Waals surface area contributed by atoms with E-state index >= 15 is 0 Å². The number of alkyl halides is 2. The first-order valence-corrected chi connectivity index (χ1v) is 7.32. The number of hydrogen-bond acceptors (Lipinski definition) is 4. The second-order valence-corrected chi connectivity index (χ2v) is 5.13. The van der Waals surface area contributed by atoms with Crippen LogP contribution in [0.5, 0.6) is 5.75 Å². The van der Waals surface area contributed by atoms with E-state index in [-0.39, 0.29) is 23.6 Å². The van der Waals surface area contributed by atoms with Crippen molar-refractivity contribution in [3.05, 3.63) is 65.0 Å². The van der Waals surface area contributed by atoms with Crippen molar-refractivity contribution >= 4 is 22.5 Å². The van der Waals surface area contributed by atoms with Crippen LogP contribution in [0.15, 0.2) is 59.5 Å². The summed E-state index contributed by atoms with van der Waals surface area (Å²) < 4.78 is 29.9. The molecule has 3 rings (SSSR count). The molecular formula is C17H13F2N3O3. The molecule has 0 radical (unpaired) electrons. The van der Waals surface area contributed by atoms with E-state index < -0.39 is 6.61 Å². The Morgan fingerprint density at radius 2 is 1.88 bits per heavy atom. The van der Waals surface area contributed by atoms with Gasteiger partial charge in [0.1, 0.15) is 12.3 Å². The third-order valence-corrected chi connectivity index (χ3v) is 3.42. The Balaban J connectivity index is 1.73. The minimum Gasteiger partial charge on any atom is -0.435 e. The number of amides is 1. The van der Waals surface area contributed by atoms with Crippen LogP contribution in [0.4, 0.5) is 14.5 Å². The van der Waals surface area contributed by atoms with Crippen LogP contribution >= 0.6 is 0 Å². The summed E-state index contributed by atoms with van der Waals surface area (Å²) >= 11 is 0. The first-order chi connectivity index (χ1) is 12.0. The van der Waals surface area contributed by atoms with Gasteiger partial charge in [0.05, 0.1) is 11.7 Å². The van der Waals surface area contributed by atoms with Gasteiger partial charge < -0.3 is 10.1 Å². The lowest BCUT2D eigenvalue weighted by atomic mass is 10.2. The van der Waals surface area contributed by atoms with Crippen molar-refractivity contribution in [1.29, 1.82) is 0 Å². The molecule has 0 bridgehead atoms. The van der Waals surface area contributed by atoms with Crippen molar-refractivity contribution in [2.24, 2.45) is 0 Å². The van der Waals surface area contributed by atoms with Gasteiger partial charge in [0.2, 0.25) is 11.3 Å². The van der Waals surface area contributed by atoms with Crippen molar-refractivity contribution in [2.75, 3.05) is 5.32 Å².